The lowest BCUT2D eigenvalue weighted by Gasteiger charge is -2.14. The van der Waals surface area contributed by atoms with Crippen molar-refractivity contribution < 1.29 is 9.90 Å². The number of thioether (sulfide) groups is 1. The van der Waals surface area contributed by atoms with Crippen molar-refractivity contribution in [1.82, 2.24) is 0 Å². The molecule has 0 aromatic heterocycles. The maximum absolute atomic E-state index is 11.5. The van der Waals surface area contributed by atoms with Gasteiger partial charge in [-0.05, 0) is 31.9 Å². The predicted molar refractivity (Wildman–Crippen MR) is 74.9 cm³/mol. The van der Waals surface area contributed by atoms with Crippen molar-refractivity contribution in [2.45, 2.75) is 48.9 Å². The number of nitrogens with one attached hydrogen (secondary N) is 1. The number of carbonyl (C=O) groups excluding carboxylic acids is 1. The van der Waals surface area contributed by atoms with Gasteiger partial charge in [-0.2, -0.15) is 0 Å². The molecule has 1 aromatic carbocycles. The molecule has 2 N–H and O–H groups in total. The van der Waals surface area contributed by atoms with Crippen LogP contribution in [0, 0.1) is 0 Å². The van der Waals surface area contributed by atoms with Gasteiger partial charge >= 0.3 is 0 Å². The van der Waals surface area contributed by atoms with Gasteiger partial charge in [-0.1, -0.05) is 25.0 Å². The molecule has 98 valence electrons. The molecule has 1 aliphatic carbocycles. The van der Waals surface area contributed by atoms with E-state index in [2.05, 4.69) is 5.32 Å². The molecular formula is C14H19NO2S. The van der Waals surface area contributed by atoms with Crippen LogP contribution in [-0.4, -0.2) is 22.4 Å². The topological polar surface area (TPSA) is 49.3 Å². The number of aliphatic hydroxyl groups is 1. The third-order valence-electron chi connectivity index (χ3n) is 3.12. The molecule has 3 nitrogen and oxygen atoms in total. The van der Waals surface area contributed by atoms with Gasteiger partial charge in [0.15, 0.2) is 0 Å². The van der Waals surface area contributed by atoms with Crippen LogP contribution in [0.15, 0.2) is 29.2 Å². The molecular weight excluding hydrogens is 246 g/mol. The first kappa shape index (κ1) is 13.4. The Bertz CT molecular complexity index is 414. The fraction of sp³-hybridized carbons (Fsp3) is 0.500. The van der Waals surface area contributed by atoms with E-state index in [-0.39, 0.29) is 5.91 Å². The zero-order chi connectivity index (χ0) is 13.0. The lowest BCUT2D eigenvalue weighted by atomic mass is 10.3. The van der Waals surface area contributed by atoms with Crippen LogP contribution in [0.1, 0.15) is 32.6 Å². The Labute approximate surface area is 112 Å². The zero-order valence-electron chi connectivity index (χ0n) is 10.6. The molecule has 1 unspecified atom stereocenters. The van der Waals surface area contributed by atoms with E-state index < -0.39 is 6.10 Å². The molecule has 2 rings (SSSR count). The first-order valence-electron chi connectivity index (χ1n) is 6.41. The zero-order valence-corrected chi connectivity index (χ0v) is 11.4. The van der Waals surface area contributed by atoms with Crippen molar-refractivity contribution in [1.29, 1.82) is 0 Å². The monoisotopic (exact) mass is 265 g/mol. The minimum absolute atomic E-state index is 0.352. The number of aliphatic hydroxyl groups excluding tert-OH is 1. The van der Waals surface area contributed by atoms with Crippen LogP contribution in [0.25, 0.3) is 0 Å². The van der Waals surface area contributed by atoms with Crippen LogP contribution in [-0.2, 0) is 4.79 Å². The fourth-order valence-corrected chi connectivity index (χ4v) is 3.43. The number of anilines is 1. The maximum Gasteiger partial charge on any atom is 0.252 e. The van der Waals surface area contributed by atoms with E-state index in [1.807, 2.05) is 36.0 Å². The van der Waals surface area contributed by atoms with Gasteiger partial charge < -0.3 is 10.4 Å². The quantitative estimate of drug-likeness (QED) is 0.879. The molecule has 1 aromatic rings. The highest BCUT2D eigenvalue weighted by atomic mass is 32.2. The van der Waals surface area contributed by atoms with Gasteiger partial charge in [0.25, 0.3) is 5.91 Å². The summed E-state index contributed by atoms with van der Waals surface area (Å²) in [6.07, 6.45) is 4.14. The summed E-state index contributed by atoms with van der Waals surface area (Å²) < 4.78 is 0. The summed E-state index contributed by atoms with van der Waals surface area (Å²) in [7, 11) is 0. The van der Waals surface area contributed by atoms with Crippen molar-refractivity contribution in [2.24, 2.45) is 0 Å². The van der Waals surface area contributed by atoms with Gasteiger partial charge in [-0.15, -0.1) is 11.8 Å². The molecule has 0 spiro atoms. The minimum Gasteiger partial charge on any atom is -0.384 e. The number of benzene rings is 1. The van der Waals surface area contributed by atoms with Crippen LogP contribution >= 0.6 is 11.8 Å². The Morgan fingerprint density at radius 3 is 2.72 bits per heavy atom. The average molecular weight is 265 g/mol. The third kappa shape index (κ3) is 3.50. The molecule has 1 amide bonds. The number of para-hydroxylation sites is 1. The van der Waals surface area contributed by atoms with Crippen molar-refractivity contribution in [3.05, 3.63) is 24.3 Å². The van der Waals surface area contributed by atoms with Gasteiger partial charge in [-0.25, -0.2) is 0 Å². The van der Waals surface area contributed by atoms with Gasteiger partial charge in [-0.3, -0.25) is 4.79 Å². The second-order valence-corrected chi connectivity index (χ2v) is 6.03. The number of amides is 1. The highest BCUT2D eigenvalue weighted by molar-refractivity contribution is 8.00. The number of rotatable bonds is 4. The van der Waals surface area contributed by atoms with Crippen molar-refractivity contribution >= 4 is 23.4 Å². The van der Waals surface area contributed by atoms with E-state index in [9.17, 15) is 9.90 Å². The average Bonchev–Trinajstić information content (AvgIpc) is 2.84. The van der Waals surface area contributed by atoms with Crippen LogP contribution in [0.2, 0.25) is 0 Å². The van der Waals surface area contributed by atoms with Crippen molar-refractivity contribution in [3.8, 4) is 0 Å². The summed E-state index contributed by atoms with van der Waals surface area (Å²) in [6.45, 7) is 1.47. The SMILES string of the molecule is CC(O)C(=O)Nc1ccccc1SC1CCCC1. The van der Waals surface area contributed by atoms with E-state index in [1.54, 1.807) is 0 Å². The van der Waals surface area contributed by atoms with E-state index in [0.29, 0.717) is 5.25 Å². The second-order valence-electron chi connectivity index (χ2n) is 4.69. The molecule has 0 bridgehead atoms. The van der Waals surface area contributed by atoms with Crippen LogP contribution in [0.3, 0.4) is 0 Å². The summed E-state index contributed by atoms with van der Waals surface area (Å²) in [6, 6.07) is 7.80. The smallest absolute Gasteiger partial charge is 0.252 e. The molecule has 1 saturated carbocycles. The first-order chi connectivity index (χ1) is 8.66. The molecule has 0 aliphatic heterocycles. The normalized spacial score (nSPS) is 17.7. The van der Waals surface area contributed by atoms with E-state index in [4.69, 9.17) is 0 Å². The van der Waals surface area contributed by atoms with Gasteiger partial charge in [0.2, 0.25) is 0 Å². The molecule has 0 heterocycles. The van der Waals surface area contributed by atoms with E-state index in [0.717, 1.165) is 10.6 Å². The molecule has 4 heteroatoms. The molecule has 1 aliphatic rings. The van der Waals surface area contributed by atoms with Crippen molar-refractivity contribution in [2.75, 3.05) is 5.32 Å². The van der Waals surface area contributed by atoms with Gasteiger partial charge in [0, 0.05) is 10.1 Å². The molecule has 0 radical (unpaired) electrons. The summed E-state index contributed by atoms with van der Waals surface area (Å²) in [5, 5.41) is 12.7. The molecule has 1 fully saturated rings. The standard InChI is InChI=1S/C14H19NO2S/c1-10(16)14(17)15-12-8-4-5-9-13(12)18-11-6-2-3-7-11/h4-5,8-11,16H,2-3,6-7H2,1H3,(H,15,17). The van der Waals surface area contributed by atoms with Crippen LogP contribution in [0.4, 0.5) is 5.69 Å². The number of hydrogen-bond donors (Lipinski definition) is 2. The Morgan fingerprint density at radius 2 is 2.06 bits per heavy atom. The number of hydrogen-bond acceptors (Lipinski definition) is 3. The molecule has 0 saturated heterocycles. The molecule has 1 atom stereocenters. The van der Waals surface area contributed by atoms with Crippen molar-refractivity contribution in [3.63, 3.8) is 0 Å². The maximum atomic E-state index is 11.5. The predicted octanol–water partition coefficient (Wildman–Crippen LogP) is 3.04. The first-order valence-corrected chi connectivity index (χ1v) is 7.29. The lowest BCUT2D eigenvalue weighted by Crippen LogP contribution is -2.24. The Balaban J connectivity index is 2.07. The Kier molecular flexibility index (Phi) is 4.66. The summed E-state index contributed by atoms with van der Waals surface area (Å²) >= 11 is 1.84. The minimum atomic E-state index is -0.977. The highest BCUT2D eigenvalue weighted by Gasteiger charge is 2.18. The Morgan fingerprint density at radius 1 is 1.39 bits per heavy atom. The van der Waals surface area contributed by atoms with Gasteiger partial charge in [0.05, 0.1) is 5.69 Å². The highest BCUT2D eigenvalue weighted by Crippen LogP contribution is 2.37. The number of carbonyl (C=O) groups is 1. The second kappa shape index (κ2) is 6.25. The summed E-state index contributed by atoms with van der Waals surface area (Å²) in [5.41, 5.74) is 0.806. The van der Waals surface area contributed by atoms with Crippen LogP contribution in [0.5, 0.6) is 0 Å². The molecule has 18 heavy (non-hydrogen) atoms. The van der Waals surface area contributed by atoms with E-state index in [1.165, 1.54) is 32.6 Å². The summed E-state index contributed by atoms with van der Waals surface area (Å²) in [5.74, 6) is -0.352. The summed E-state index contributed by atoms with van der Waals surface area (Å²) in [4.78, 5) is 12.6. The van der Waals surface area contributed by atoms with Gasteiger partial charge in [0.1, 0.15) is 6.10 Å². The van der Waals surface area contributed by atoms with Crippen LogP contribution < -0.4 is 5.32 Å². The largest absolute Gasteiger partial charge is 0.384 e. The Hall–Kier alpha value is -1.00. The lowest BCUT2D eigenvalue weighted by molar-refractivity contribution is -0.123. The third-order valence-corrected chi connectivity index (χ3v) is 4.53. The fourth-order valence-electron chi connectivity index (χ4n) is 2.10. The van der Waals surface area contributed by atoms with E-state index >= 15 is 0 Å².